The summed E-state index contributed by atoms with van der Waals surface area (Å²) in [5.74, 6) is 1.24. The van der Waals surface area contributed by atoms with Crippen molar-refractivity contribution in [2.24, 2.45) is 9.98 Å². The molecule has 2 N–H and O–H groups in total. The zero-order valence-corrected chi connectivity index (χ0v) is 26.7. The summed E-state index contributed by atoms with van der Waals surface area (Å²) >= 11 is 0. The molecule has 0 unspecified atom stereocenters. The summed E-state index contributed by atoms with van der Waals surface area (Å²) in [5, 5.41) is 8.99. The molecular weight excluding hydrogens is 694 g/mol. The molecule has 4 aromatic heterocycles. The molecule has 6 aromatic rings. The summed E-state index contributed by atoms with van der Waals surface area (Å²) in [5.41, 5.74) is 5.09. The first-order valence-corrected chi connectivity index (χ1v) is 15.3. The number of aliphatic imine (C=N–C) groups is 2. The molecule has 0 amide bonds. The molecule has 0 aliphatic carbocycles. The number of aromatic nitrogens is 4. The van der Waals surface area contributed by atoms with Crippen molar-refractivity contribution in [1.29, 1.82) is 0 Å². The highest BCUT2D eigenvalue weighted by molar-refractivity contribution is 6.50. The number of hydrogen-bond donors (Lipinski definition) is 2. The van der Waals surface area contributed by atoms with Crippen molar-refractivity contribution in [2.45, 2.75) is 0 Å². The van der Waals surface area contributed by atoms with Gasteiger partial charge in [-0.2, -0.15) is 9.13 Å². The van der Waals surface area contributed by atoms with Gasteiger partial charge in [0.25, 0.3) is 0 Å². The predicted octanol–water partition coefficient (Wildman–Crippen LogP) is 8.90. The van der Waals surface area contributed by atoms with E-state index in [0.29, 0.717) is 23.0 Å². The molecule has 264 valence electrons. The number of hydrogen-bond acceptors (Lipinski definition) is 6. The van der Waals surface area contributed by atoms with E-state index in [1.807, 2.05) is 97.9 Å². The number of rotatable bonds is 2. The first-order valence-electron chi connectivity index (χ1n) is 15.3. The van der Waals surface area contributed by atoms with Crippen LogP contribution < -0.4 is 19.8 Å². The highest BCUT2D eigenvalue weighted by atomic mass is 19.5. The molecule has 0 radical (unpaired) electrons. The van der Waals surface area contributed by atoms with E-state index in [1.54, 1.807) is 12.4 Å². The Labute approximate surface area is 291 Å². The van der Waals surface area contributed by atoms with Crippen LogP contribution in [-0.4, -0.2) is 36.9 Å². The number of fused-ring (bicyclic) bond motifs is 4. The number of anilines is 2. The maximum Gasteiger partial charge on any atom is 0.673 e. The Kier molecular flexibility index (Phi) is 11.7. The lowest BCUT2D eigenvalue weighted by atomic mass is 10.2. The number of halogens is 8. The minimum atomic E-state index is -6.00. The number of pyridine rings is 4. The second-order valence-electron chi connectivity index (χ2n) is 10.5. The fraction of sp³-hybridized carbons (Fsp3) is 0. The Morgan fingerprint density at radius 3 is 1.23 bits per heavy atom. The maximum absolute atomic E-state index is 9.75. The van der Waals surface area contributed by atoms with Crippen LogP contribution >= 0.6 is 0 Å². The normalized spacial score (nSPS) is 15.0. The van der Waals surface area contributed by atoms with Crippen molar-refractivity contribution >= 4 is 83.1 Å². The molecule has 18 heteroatoms. The monoisotopic (exact) mass is 720 g/mol. The Morgan fingerprint density at radius 1 is 0.462 bits per heavy atom. The first-order chi connectivity index (χ1) is 24.8. The molecule has 7 rings (SSSR count). The topological polar surface area (TPSA) is 82.3 Å². The molecule has 0 saturated carbocycles. The van der Waals surface area contributed by atoms with Crippen molar-refractivity contribution in [3.8, 4) is 0 Å². The number of nitrogens with zero attached hydrogens (tertiary/aromatic N) is 6. The third-order valence-corrected chi connectivity index (χ3v) is 6.93. The molecule has 5 heterocycles. The summed E-state index contributed by atoms with van der Waals surface area (Å²) in [4.78, 5) is 18.9. The number of nitrogens with one attached hydrogen (secondary N) is 2. The van der Waals surface area contributed by atoms with E-state index in [2.05, 4.69) is 66.1 Å². The van der Waals surface area contributed by atoms with Gasteiger partial charge in [-0.3, -0.25) is 0 Å². The molecular formula is C34H26B2F8N8. The van der Waals surface area contributed by atoms with Crippen molar-refractivity contribution < 1.29 is 43.7 Å². The summed E-state index contributed by atoms with van der Waals surface area (Å²) in [6.45, 7) is 0. The summed E-state index contributed by atoms with van der Waals surface area (Å²) in [7, 11) is -12.0. The van der Waals surface area contributed by atoms with Gasteiger partial charge in [-0.05, 0) is 48.5 Å². The van der Waals surface area contributed by atoms with Crippen LogP contribution in [0.5, 0.6) is 0 Å². The SMILES string of the molecule is C1=Nc2cccnc2N/C=C(/[n+]2cccc3ccccc32)C=Nc2cccnc2N/C=C\1[n+]1cccc2ccccc21.F[B-](F)(F)F.F[B-](F)(F)F. The zero-order chi connectivity index (χ0) is 37.1. The van der Waals surface area contributed by atoms with Crippen LogP contribution in [0.15, 0.2) is 144 Å². The van der Waals surface area contributed by atoms with Crippen molar-refractivity contribution in [3.63, 3.8) is 0 Å². The summed E-state index contributed by atoms with van der Waals surface area (Å²) < 4.78 is 82.2. The number of para-hydroxylation sites is 2. The second-order valence-corrected chi connectivity index (χ2v) is 10.5. The molecule has 0 saturated heterocycles. The highest BCUT2D eigenvalue weighted by Crippen LogP contribution is 2.25. The lowest BCUT2D eigenvalue weighted by molar-refractivity contribution is -0.546. The maximum atomic E-state index is 9.75. The summed E-state index contributed by atoms with van der Waals surface area (Å²) in [6.07, 6.45) is 15.0. The van der Waals surface area contributed by atoms with Crippen molar-refractivity contribution in [2.75, 3.05) is 10.6 Å². The van der Waals surface area contributed by atoms with E-state index in [-0.39, 0.29) is 0 Å². The number of benzene rings is 2. The zero-order valence-electron chi connectivity index (χ0n) is 26.7. The van der Waals surface area contributed by atoms with Gasteiger partial charge in [0, 0.05) is 47.4 Å². The largest absolute Gasteiger partial charge is 0.673 e. The van der Waals surface area contributed by atoms with Crippen LogP contribution in [-0.2, 0) is 0 Å². The first kappa shape index (κ1) is 36.8. The minimum absolute atomic E-state index is 0.620. The van der Waals surface area contributed by atoms with Crippen LogP contribution in [0.3, 0.4) is 0 Å². The molecule has 8 nitrogen and oxygen atoms in total. The fourth-order valence-electron chi connectivity index (χ4n) is 4.89. The van der Waals surface area contributed by atoms with E-state index in [0.717, 1.165) is 33.2 Å². The van der Waals surface area contributed by atoms with Gasteiger partial charge in [0.15, 0.2) is 24.0 Å². The Morgan fingerprint density at radius 2 is 0.827 bits per heavy atom. The quantitative estimate of drug-likeness (QED) is 0.106. The molecule has 52 heavy (non-hydrogen) atoms. The Hall–Kier alpha value is -6.45. The van der Waals surface area contributed by atoms with Crippen molar-refractivity contribution in [1.82, 2.24) is 9.97 Å². The minimum Gasteiger partial charge on any atom is -0.418 e. The van der Waals surface area contributed by atoms with Crippen LogP contribution in [0, 0.1) is 0 Å². The van der Waals surface area contributed by atoms with Crippen LogP contribution in [0.4, 0.5) is 57.5 Å². The third kappa shape index (κ3) is 10.8. The van der Waals surface area contributed by atoms with E-state index in [4.69, 9.17) is 9.98 Å². The Balaban J connectivity index is 0.000000464. The fourth-order valence-corrected chi connectivity index (χ4v) is 4.89. The van der Waals surface area contributed by atoms with Gasteiger partial charge >= 0.3 is 14.5 Å². The molecule has 0 atom stereocenters. The summed E-state index contributed by atoms with van der Waals surface area (Å²) in [6, 6.07) is 32.3. The smallest absolute Gasteiger partial charge is 0.418 e. The van der Waals surface area contributed by atoms with Gasteiger partial charge in [0.2, 0.25) is 22.4 Å². The lowest BCUT2D eigenvalue weighted by Gasteiger charge is -2.08. The van der Waals surface area contributed by atoms with E-state index in [9.17, 15) is 34.5 Å². The van der Waals surface area contributed by atoms with Gasteiger partial charge in [0.1, 0.15) is 23.8 Å². The van der Waals surface area contributed by atoms with Gasteiger partial charge in [-0.15, -0.1) is 0 Å². The van der Waals surface area contributed by atoms with E-state index >= 15 is 0 Å². The molecule has 0 fully saturated rings. The molecule has 1 aliphatic heterocycles. The van der Waals surface area contributed by atoms with Gasteiger partial charge in [0.05, 0.1) is 12.4 Å². The standard InChI is InChI=1S/C34H26N8.2BF4/c1-3-15-31-25(9-1)11-7-19-41(31)27-21-37-29-13-5-18-36-34(29)40-24-28(22-38-30-14-6-17-35-33(30)39-23-27)42-20-8-12-26-10-2-4-16-32(26)42;2*2-1(3,4)5/h1-24H,(H,35,39)(H,36,40);;/q+2;2*-1/b27-23+,28-24+,37-21?,38-22?;;. The van der Waals surface area contributed by atoms with E-state index in [1.165, 1.54) is 0 Å². The number of allylic oxidation sites excluding steroid dienone is 2. The second kappa shape index (κ2) is 16.5. The van der Waals surface area contributed by atoms with Gasteiger partial charge in [-0.1, -0.05) is 24.3 Å². The predicted molar refractivity (Wildman–Crippen MR) is 189 cm³/mol. The Bertz CT molecular complexity index is 2110. The molecule has 1 aliphatic rings. The van der Waals surface area contributed by atoms with Gasteiger partial charge < -0.3 is 45.2 Å². The molecule has 2 aromatic carbocycles. The average Bonchev–Trinajstić information content (AvgIpc) is 3.11. The highest BCUT2D eigenvalue weighted by Gasteiger charge is 2.21. The van der Waals surface area contributed by atoms with Crippen molar-refractivity contribution in [3.05, 3.63) is 134 Å². The van der Waals surface area contributed by atoms with Crippen LogP contribution in [0.25, 0.3) is 33.2 Å². The average molecular weight is 720 g/mol. The third-order valence-electron chi connectivity index (χ3n) is 6.93. The molecule has 0 bridgehead atoms. The van der Waals surface area contributed by atoms with Crippen LogP contribution in [0.1, 0.15) is 0 Å². The van der Waals surface area contributed by atoms with E-state index < -0.39 is 14.5 Å². The van der Waals surface area contributed by atoms with Gasteiger partial charge in [-0.25, -0.2) is 20.0 Å². The lowest BCUT2D eigenvalue weighted by Crippen LogP contribution is -2.34. The van der Waals surface area contributed by atoms with Crippen LogP contribution in [0.2, 0.25) is 0 Å². The molecule has 0 spiro atoms.